The van der Waals surface area contributed by atoms with E-state index in [1.165, 1.54) is 4.90 Å². The van der Waals surface area contributed by atoms with Crippen LogP contribution >= 0.6 is 12.4 Å². The zero-order chi connectivity index (χ0) is 16.2. The number of imide groups is 1. The molecular formula is C18H26ClN3O2. The second kappa shape index (κ2) is 8.60. The highest BCUT2D eigenvalue weighted by Gasteiger charge is 2.35. The van der Waals surface area contributed by atoms with Gasteiger partial charge >= 0.3 is 0 Å². The lowest BCUT2D eigenvalue weighted by Gasteiger charge is -2.35. The fourth-order valence-corrected chi connectivity index (χ4v) is 3.61. The van der Waals surface area contributed by atoms with Gasteiger partial charge in [0.1, 0.15) is 0 Å². The van der Waals surface area contributed by atoms with E-state index in [1.807, 2.05) is 12.1 Å². The molecule has 2 amide bonds. The van der Waals surface area contributed by atoms with Gasteiger partial charge in [-0.3, -0.25) is 19.4 Å². The Morgan fingerprint density at radius 1 is 1.08 bits per heavy atom. The first-order chi connectivity index (χ1) is 11.2. The van der Waals surface area contributed by atoms with Gasteiger partial charge in [0.25, 0.3) is 11.8 Å². The van der Waals surface area contributed by atoms with Crippen LogP contribution in [-0.2, 0) is 0 Å². The molecule has 0 aliphatic carbocycles. The normalized spacial score (nSPS) is 18.0. The monoisotopic (exact) mass is 351 g/mol. The first-order valence-electron chi connectivity index (χ1n) is 8.62. The van der Waals surface area contributed by atoms with Gasteiger partial charge in [-0.05, 0) is 51.0 Å². The molecule has 2 heterocycles. The fraction of sp³-hybridized carbons (Fsp3) is 0.556. The molecule has 0 saturated carbocycles. The van der Waals surface area contributed by atoms with Crippen LogP contribution in [0.15, 0.2) is 24.3 Å². The summed E-state index contributed by atoms with van der Waals surface area (Å²) in [6.07, 6.45) is 3.37. The average molecular weight is 352 g/mol. The lowest BCUT2D eigenvalue weighted by Crippen LogP contribution is -2.47. The fourth-order valence-electron chi connectivity index (χ4n) is 3.61. The molecule has 1 fully saturated rings. The van der Waals surface area contributed by atoms with Crippen LogP contribution < -0.4 is 5.32 Å². The summed E-state index contributed by atoms with van der Waals surface area (Å²) in [6, 6.07) is 7.67. The van der Waals surface area contributed by atoms with E-state index in [0.717, 1.165) is 45.4 Å². The topological polar surface area (TPSA) is 52.7 Å². The predicted octanol–water partition coefficient (Wildman–Crippen LogP) is 2.17. The standard InChI is InChI=1S/C18H25N3O2.ClH/c1-2-11-20(14-7-9-19-10-8-14)12-13-21-17(22)15-5-3-4-6-16(15)18(21)23;/h3-6,14,19H,2,7-13H2,1H3;1H. The molecule has 6 heteroatoms. The Balaban J connectivity index is 0.00000208. The average Bonchev–Trinajstić information content (AvgIpc) is 2.84. The number of piperidine rings is 1. The number of nitrogens with zero attached hydrogens (tertiary/aromatic N) is 2. The molecule has 24 heavy (non-hydrogen) atoms. The first-order valence-corrected chi connectivity index (χ1v) is 8.62. The molecule has 1 saturated heterocycles. The molecule has 1 N–H and O–H groups in total. The number of amides is 2. The van der Waals surface area contributed by atoms with Crippen molar-refractivity contribution in [2.24, 2.45) is 0 Å². The van der Waals surface area contributed by atoms with Crippen molar-refractivity contribution in [1.82, 2.24) is 15.1 Å². The number of fused-ring (bicyclic) bond motifs is 1. The Kier molecular flexibility index (Phi) is 6.78. The van der Waals surface area contributed by atoms with Crippen LogP contribution in [0.5, 0.6) is 0 Å². The summed E-state index contributed by atoms with van der Waals surface area (Å²) in [4.78, 5) is 28.7. The lowest BCUT2D eigenvalue weighted by molar-refractivity contribution is 0.0615. The van der Waals surface area contributed by atoms with Crippen molar-refractivity contribution in [2.45, 2.75) is 32.2 Å². The zero-order valence-electron chi connectivity index (χ0n) is 14.2. The number of halogens is 1. The summed E-state index contributed by atoms with van der Waals surface area (Å²) in [5.41, 5.74) is 1.09. The minimum Gasteiger partial charge on any atom is -0.317 e. The molecule has 132 valence electrons. The van der Waals surface area contributed by atoms with Gasteiger partial charge in [0.05, 0.1) is 11.1 Å². The summed E-state index contributed by atoms with van der Waals surface area (Å²) >= 11 is 0. The Morgan fingerprint density at radius 3 is 2.21 bits per heavy atom. The van der Waals surface area contributed by atoms with Crippen molar-refractivity contribution in [2.75, 3.05) is 32.7 Å². The van der Waals surface area contributed by atoms with E-state index in [-0.39, 0.29) is 24.2 Å². The van der Waals surface area contributed by atoms with Crippen molar-refractivity contribution >= 4 is 24.2 Å². The molecule has 0 aromatic heterocycles. The molecule has 0 atom stereocenters. The van der Waals surface area contributed by atoms with Gasteiger partial charge in [-0.15, -0.1) is 12.4 Å². The van der Waals surface area contributed by atoms with Gasteiger partial charge < -0.3 is 5.32 Å². The summed E-state index contributed by atoms with van der Waals surface area (Å²) in [5.74, 6) is -0.292. The van der Waals surface area contributed by atoms with E-state index in [2.05, 4.69) is 17.1 Å². The second-order valence-electron chi connectivity index (χ2n) is 6.32. The molecule has 0 bridgehead atoms. The van der Waals surface area contributed by atoms with Gasteiger partial charge in [-0.1, -0.05) is 19.1 Å². The van der Waals surface area contributed by atoms with E-state index in [4.69, 9.17) is 0 Å². The summed E-state index contributed by atoms with van der Waals surface area (Å²) < 4.78 is 0. The van der Waals surface area contributed by atoms with Gasteiger partial charge in [-0.2, -0.15) is 0 Å². The zero-order valence-corrected chi connectivity index (χ0v) is 15.0. The third-order valence-corrected chi connectivity index (χ3v) is 4.82. The Bertz CT molecular complexity index is 552. The summed E-state index contributed by atoms with van der Waals surface area (Å²) in [6.45, 7) is 6.56. The molecule has 0 spiro atoms. The minimum absolute atomic E-state index is 0. The van der Waals surface area contributed by atoms with Gasteiger partial charge in [-0.25, -0.2) is 0 Å². The van der Waals surface area contributed by atoms with E-state index in [1.54, 1.807) is 12.1 Å². The number of nitrogens with one attached hydrogen (secondary N) is 1. The molecule has 2 aliphatic rings. The van der Waals surface area contributed by atoms with Crippen LogP contribution in [0.1, 0.15) is 46.9 Å². The highest BCUT2D eigenvalue weighted by molar-refractivity contribution is 6.21. The minimum atomic E-state index is -0.146. The van der Waals surface area contributed by atoms with Crippen LogP contribution in [0, 0.1) is 0 Å². The Hall–Kier alpha value is -1.43. The number of rotatable bonds is 6. The Morgan fingerprint density at radius 2 is 1.67 bits per heavy atom. The SMILES string of the molecule is CCCN(CCN1C(=O)c2ccccc2C1=O)C1CCNCC1.Cl. The predicted molar refractivity (Wildman–Crippen MR) is 96.8 cm³/mol. The largest absolute Gasteiger partial charge is 0.317 e. The van der Waals surface area contributed by atoms with E-state index in [0.29, 0.717) is 23.7 Å². The van der Waals surface area contributed by atoms with Gasteiger partial charge in [0.15, 0.2) is 0 Å². The van der Waals surface area contributed by atoms with E-state index < -0.39 is 0 Å². The molecule has 1 aromatic rings. The quantitative estimate of drug-likeness (QED) is 0.798. The van der Waals surface area contributed by atoms with Crippen molar-refractivity contribution in [3.63, 3.8) is 0 Å². The van der Waals surface area contributed by atoms with Crippen LogP contribution in [0.4, 0.5) is 0 Å². The summed E-state index contributed by atoms with van der Waals surface area (Å²) in [5, 5.41) is 3.39. The van der Waals surface area contributed by atoms with Crippen LogP contribution in [0.3, 0.4) is 0 Å². The first kappa shape index (κ1) is 18.9. The van der Waals surface area contributed by atoms with Crippen LogP contribution in [0.2, 0.25) is 0 Å². The maximum atomic E-state index is 12.4. The molecule has 0 unspecified atom stereocenters. The smallest absolute Gasteiger partial charge is 0.261 e. The lowest BCUT2D eigenvalue weighted by atomic mass is 10.0. The number of benzene rings is 1. The van der Waals surface area contributed by atoms with Crippen molar-refractivity contribution in [3.8, 4) is 0 Å². The molecule has 1 aromatic carbocycles. The van der Waals surface area contributed by atoms with Crippen molar-refractivity contribution in [1.29, 1.82) is 0 Å². The molecule has 0 radical (unpaired) electrons. The number of hydrogen-bond acceptors (Lipinski definition) is 4. The second-order valence-corrected chi connectivity index (χ2v) is 6.32. The van der Waals surface area contributed by atoms with Crippen molar-refractivity contribution in [3.05, 3.63) is 35.4 Å². The third kappa shape index (κ3) is 3.79. The highest BCUT2D eigenvalue weighted by Crippen LogP contribution is 2.22. The number of hydrogen-bond donors (Lipinski definition) is 1. The maximum Gasteiger partial charge on any atom is 0.261 e. The Labute approximate surface area is 149 Å². The van der Waals surface area contributed by atoms with Crippen LogP contribution in [0.25, 0.3) is 0 Å². The number of carbonyl (C=O) groups excluding carboxylic acids is 2. The van der Waals surface area contributed by atoms with E-state index in [9.17, 15) is 9.59 Å². The van der Waals surface area contributed by atoms with Gasteiger partial charge in [0, 0.05) is 19.1 Å². The molecule has 5 nitrogen and oxygen atoms in total. The number of carbonyl (C=O) groups is 2. The molecule has 3 rings (SSSR count). The molecule has 2 aliphatic heterocycles. The maximum absolute atomic E-state index is 12.4. The van der Waals surface area contributed by atoms with Gasteiger partial charge in [0.2, 0.25) is 0 Å². The van der Waals surface area contributed by atoms with E-state index >= 15 is 0 Å². The molecular weight excluding hydrogens is 326 g/mol. The third-order valence-electron chi connectivity index (χ3n) is 4.82. The highest BCUT2D eigenvalue weighted by atomic mass is 35.5. The summed E-state index contributed by atoms with van der Waals surface area (Å²) in [7, 11) is 0. The van der Waals surface area contributed by atoms with Crippen LogP contribution in [-0.4, -0.2) is 60.4 Å². The van der Waals surface area contributed by atoms with Crippen molar-refractivity contribution < 1.29 is 9.59 Å².